The van der Waals surface area contributed by atoms with Gasteiger partial charge in [-0.1, -0.05) is 55.3 Å². The number of pyridine rings is 1. The topological polar surface area (TPSA) is 12.9 Å². The third kappa shape index (κ3) is 2.54. The van der Waals surface area contributed by atoms with Crippen LogP contribution in [0.5, 0.6) is 0 Å². The SMILES string of the molecule is Cc1cc(C)cc(C2=Cc3cc(CC(C)C)cc4ccnc2c34)c1. The van der Waals surface area contributed by atoms with Gasteiger partial charge in [-0.2, -0.15) is 0 Å². The Labute approximate surface area is 144 Å². The summed E-state index contributed by atoms with van der Waals surface area (Å²) in [5, 5.41) is 2.61. The van der Waals surface area contributed by atoms with Gasteiger partial charge < -0.3 is 0 Å². The summed E-state index contributed by atoms with van der Waals surface area (Å²) in [6.45, 7) is 8.87. The third-order valence-corrected chi connectivity index (χ3v) is 4.69. The molecule has 0 N–H and O–H groups in total. The summed E-state index contributed by atoms with van der Waals surface area (Å²) < 4.78 is 0. The maximum absolute atomic E-state index is 4.72. The summed E-state index contributed by atoms with van der Waals surface area (Å²) >= 11 is 0. The molecule has 120 valence electrons. The number of hydrogen-bond acceptors (Lipinski definition) is 1. The average molecular weight is 313 g/mol. The Balaban J connectivity index is 1.91. The summed E-state index contributed by atoms with van der Waals surface area (Å²) in [6.07, 6.45) is 5.39. The Morgan fingerprint density at radius 2 is 1.71 bits per heavy atom. The molecule has 0 saturated carbocycles. The molecule has 0 spiro atoms. The molecule has 0 aliphatic heterocycles. The van der Waals surface area contributed by atoms with E-state index in [1.165, 1.54) is 44.2 Å². The molecular weight excluding hydrogens is 290 g/mol. The first kappa shape index (κ1) is 15.1. The van der Waals surface area contributed by atoms with Crippen LogP contribution >= 0.6 is 0 Å². The Hall–Kier alpha value is -2.41. The summed E-state index contributed by atoms with van der Waals surface area (Å²) in [7, 11) is 0. The van der Waals surface area contributed by atoms with Crippen molar-refractivity contribution in [2.24, 2.45) is 5.92 Å². The lowest BCUT2D eigenvalue weighted by molar-refractivity contribution is 0.648. The minimum Gasteiger partial charge on any atom is -0.256 e. The number of aryl methyl sites for hydroxylation is 2. The highest BCUT2D eigenvalue weighted by molar-refractivity contribution is 6.11. The molecule has 24 heavy (non-hydrogen) atoms. The molecule has 3 aromatic rings. The van der Waals surface area contributed by atoms with Gasteiger partial charge in [0.1, 0.15) is 0 Å². The largest absolute Gasteiger partial charge is 0.256 e. The van der Waals surface area contributed by atoms with E-state index in [-0.39, 0.29) is 0 Å². The molecule has 0 bridgehead atoms. The maximum Gasteiger partial charge on any atom is 0.0792 e. The first-order valence-corrected chi connectivity index (χ1v) is 8.73. The van der Waals surface area contributed by atoms with Crippen molar-refractivity contribution in [2.45, 2.75) is 34.1 Å². The van der Waals surface area contributed by atoms with Gasteiger partial charge in [0.25, 0.3) is 0 Å². The molecule has 1 heterocycles. The molecule has 1 aliphatic carbocycles. The molecule has 0 radical (unpaired) electrons. The highest BCUT2D eigenvalue weighted by Crippen LogP contribution is 2.39. The fourth-order valence-electron chi connectivity index (χ4n) is 3.90. The van der Waals surface area contributed by atoms with Crippen LogP contribution in [0.1, 0.15) is 47.4 Å². The molecule has 0 atom stereocenters. The van der Waals surface area contributed by atoms with E-state index in [1.807, 2.05) is 6.20 Å². The van der Waals surface area contributed by atoms with Crippen LogP contribution in [0.4, 0.5) is 0 Å². The monoisotopic (exact) mass is 313 g/mol. The van der Waals surface area contributed by atoms with Crippen LogP contribution in [-0.2, 0) is 6.42 Å². The predicted octanol–water partition coefficient (Wildman–Crippen LogP) is 5.95. The molecule has 0 fully saturated rings. The van der Waals surface area contributed by atoms with Gasteiger partial charge in [0.15, 0.2) is 0 Å². The fourth-order valence-corrected chi connectivity index (χ4v) is 3.90. The molecule has 1 aromatic heterocycles. The van der Waals surface area contributed by atoms with E-state index in [4.69, 9.17) is 4.98 Å². The fraction of sp³-hybridized carbons (Fsp3) is 0.261. The van der Waals surface area contributed by atoms with Crippen LogP contribution in [0.3, 0.4) is 0 Å². The van der Waals surface area contributed by atoms with Crippen LogP contribution in [0, 0.1) is 19.8 Å². The minimum atomic E-state index is 0.667. The highest BCUT2D eigenvalue weighted by atomic mass is 14.7. The van der Waals surface area contributed by atoms with E-state index in [0.717, 1.165) is 12.1 Å². The Bertz CT molecular complexity index is 956. The average Bonchev–Trinajstić information content (AvgIpc) is 2.86. The summed E-state index contributed by atoms with van der Waals surface area (Å²) in [5.41, 5.74) is 8.99. The van der Waals surface area contributed by atoms with Gasteiger partial charge in [0, 0.05) is 17.2 Å². The first-order chi connectivity index (χ1) is 11.5. The van der Waals surface area contributed by atoms with Gasteiger partial charge in [-0.05, 0) is 60.4 Å². The van der Waals surface area contributed by atoms with Gasteiger partial charge in [-0.3, -0.25) is 4.98 Å². The second kappa shape index (κ2) is 5.59. The zero-order valence-corrected chi connectivity index (χ0v) is 14.9. The molecule has 0 unspecified atom stereocenters. The van der Waals surface area contributed by atoms with E-state index in [1.54, 1.807) is 0 Å². The second-order valence-electron chi connectivity index (χ2n) is 7.48. The molecular formula is C23H23N. The quantitative estimate of drug-likeness (QED) is 0.455. The van der Waals surface area contributed by atoms with Gasteiger partial charge in [0.2, 0.25) is 0 Å². The lowest BCUT2D eigenvalue weighted by atomic mass is 9.97. The lowest BCUT2D eigenvalue weighted by Gasteiger charge is -2.09. The zero-order valence-electron chi connectivity index (χ0n) is 14.9. The van der Waals surface area contributed by atoms with E-state index >= 15 is 0 Å². The van der Waals surface area contributed by atoms with Crippen LogP contribution in [0.25, 0.3) is 22.4 Å². The van der Waals surface area contributed by atoms with Crippen LogP contribution in [-0.4, -0.2) is 4.98 Å². The van der Waals surface area contributed by atoms with Gasteiger partial charge in [-0.15, -0.1) is 0 Å². The van der Waals surface area contributed by atoms with Crippen molar-refractivity contribution in [3.05, 3.63) is 76.1 Å². The Morgan fingerprint density at radius 3 is 2.42 bits per heavy atom. The van der Waals surface area contributed by atoms with Crippen molar-refractivity contribution in [3.8, 4) is 0 Å². The summed E-state index contributed by atoms with van der Waals surface area (Å²) in [4.78, 5) is 4.72. The Morgan fingerprint density at radius 1 is 0.958 bits per heavy atom. The molecule has 0 saturated heterocycles. The van der Waals surface area contributed by atoms with E-state index in [9.17, 15) is 0 Å². The number of aromatic nitrogens is 1. The third-order valence-electron chi connectivity index (χ3n) is 4.69. The van der Waals surface area contributed by atoms with Gasteiger partial charge >= 0.3 is 0 Å². The lowest BCUT2D eigenvalue weighted by Crippen LogP contribution is -1.95. The van der Waals surface area contributed by atoms with Crippen LogP contribution < -0.4 is 0 Å². The van der Waals surface area contributed by atoms with Crippen molar-refractivity contribution in [1.82, 2.24) is 4.98 Å². The molecule has 2 aromatic carbocycles. The Kier molecular flexibility index (Phi) is 3.53. The van der Waals surface area contributed by atoms with Gasteiger partial charge in [0.05, 0.1) is 5.69 Å². The molecule has 1 aliphatic rings. The second-order valence-corrected chi connectivity index (χ2v) is 7.48. The van der Waals surface area contributed by atoms with Crippen molar-refractivity contribution >= 4 is 22.4 Å². The van der Waals surface area contributed by atoms with Crippen molar-refractivity contribution in [1.29, 1.82) is 0 Å². The number of nitrogens with zero attached hydrogens (tertiary/aromatic N) is 1. The number of benzene rings is 2. The predicted molar refractivity (Wildman–Crippen MR) is 103 cm³/mol. The summed E-state index contributed by atoms with van der Waals surface area (Å²) in [5.74, 6) is 0.667. The van der Waals surface area contributed by atoms with Crippen LogP contribution in [0.2, 0.25) is 0 Å². The number of hydrogen-bond donors (Lipinski definition) is 0. The van der Waals surface area contributed by atoms with Crippen LogP contribution in [0.15, 0.2) is 42.6 Å². The van der Waals surface area contributed by atoms with E-state index in [0.29, 0.717) is 5.92 Å². The maximum atomic E-state index is 4.72. The standard InChI is InChI=1S/C23H23N/c1-14(2)7-17-11-18-5-6-24-23-21(13-20(12-17)22(18)23)19-9-15(3)8-16(4)10-19/h5-6,8-14H,7H2,1-4H3. The summed E-state index contributed by atoms with van der Waals surface area (Å²) in [6, 6.07) is 13.6. The molecule has 1 nitrogen and oxygen atoms in total. The molecule has 1 heteroatoms. The van der Waals surface area contributed by atoms with Crippen molar-refractivity contribution in [3.63, 3.8) is 0 Å². The van der Waals surface area contributed by atoms with Crippen molar-refractivity contribution in [2.75, 3.05) is 0 Å². The van der Waals surface area contributed by atoms with Crippen molar-refractivity contribution < 1.29 is 0 Å². The smallest absolute Gasteiger partial charge is 0.0792 e. The molecule has 4 rings (SSSR count). The minimum absolute atomic E-state index is 0.667. The van der Waals surface area contributed by atoms with Gasteiger partial charge in [-0.25, -0.2) is 0 Å². The number of rotatable bonds is 3. The van der Waals surface area contributed by atoms with E-state index < -0.39 is 0 Å². The first-order valence-electron chi connectivity index (χ1n) is 8.73. The van der Waals surface area contributed by atoms with E-state index in [2.05, 4.69) is 70.2 Å². The highest BCUT2D eigenvalue weighted by Gasteiger charge is 2.20. The normalized spacial score (nSPS) is 13.0. The zero-order chi connectivity index (χ0) is 16.8. The molecule has 0 amide bonds.